The van der Waals surface area contributed by atoms with E-state index in [0.29, 0.717) is 22.6 Å². The van der Waals surface area contributed by atoms with Crippen molar-refractivity contribution in [1.29, 1.82) is 5.26 Å². The average Bonchev–Trinajstić information content (AvgIpc) is 2.61. The highest BCUT2D eigenvalue weighted by Crippen LogP contribution is 2.24. The Hall–Kier alpha value is -2.97. The fourth-order valence-electron chi connectivity index (χ4n) is 2.26. The fourth-order valence-corrected chi connectivity index (χ4v) is 3.23. The van der Waals surface area contributed by atoms with Gasteiger partial charge in [-0.05, 0) is 42.8 Å². The molecule has 0 fully saturated rings. The van der Waals surface area contributed by atoms with E-state index < -0.39 is 0 Å². The first-order valence-corrected chi connectivity index (χ1v) is 8.28. The van der Waals surface area contributed by atoms with Gasteiger partial charge in [0.05, 0.1) is 17.6 Å². The second-order valence-electron chi connectivity index (χ2n) is 4.99. The predicted octanol–water partition coefficient (Wildman–Crippen LogP) is 4.12. The van der Waals surface area contributed by atoms with Crippen LogP contribution in [0.4, 0.5) is 0 Å². The Bertz CT molecular complexity index is 998. The SMILES string of the molecule is CCOc1ccc(C=C(C#N)c2nc(=O)c3ccccc3s2)cc1. The van der Waals surface area contributed by atoms with Gasteiger partial charge in [-0.15, -0.1) is 11.3 Å². The monoisotopic (exact) mass is 334 g/mol. The first-order valence-electron chi connectivity index (χ1n) is 7.46. The topological polar surface area (TPSA) is 63.0 Å². The van der Waals surface area contributed by atoms with Gasteiger partial charge in [-0.25, -0.2) is 0 Å². The number of hydrogen-bond donors (Lipinski definition) is 0. The van der Waals surface area contributed by atoms with Crippen molar-refractivity contribution in [3.8, 4) is 11.8 Å². The first kappa shape index (κ1) is 15.9. The molecule has 4 nitrogen and oxygen atoms in total. The summed E-state index contributed by atoms with van der Waals surface area (Å²) in [5.41, 5.74) is 0.906. The van der Waals surface area contributed by atoms with Crippen molar-refractivity contribution in [2.75, 3.05) is 6.61 Å². The summed E-state index contributed by atoms with van der Waals surface area (Å²) in [5, 5.41) is 10.5. The minimum absolute atomic E-state index is 0.313. The molecule has 118 valence electrons. The van der Waals surface area contributed by atoms with Crippen molar-refractivity contribution >= 4 is 33.1 Å². The number of nitriles is 1. The highest BCUT2D eigenvalue weighted by molar-refractivity contribution is 7.19. The molecule has 1 heterocycles. The smallest absolute Gasteiger partial charge is 0.279 e. The van der Waals surface area contributed by atoms with Gasteiger partial charge in [0.25, 0.3) is 5.56 Å². The van der Waals surface area contributed by atoms with E-state index in [9.17, 15) is 10.1 Å². The maximum atomic E-state index is 12.1. The Morgan fingerprint density at radius 1 is 1.25 bits per heavy atom. The minimum Gasteiger partial charge on any atom is -0.494 e. The average molecular weight is 334 g/mol. The van der Waals surface area contributed by atoms with Gasteiger partial charge in [0, 0.05) is 4.70 Å². The van der Waals surface area contributed by atoms with Crippen LogP contribution in [0.15, 0.2) is 53.3 Å². The Balaban J connectivity index is 2.02. The van der Waals surface area contributed by atoms with E-state index in [0.717, 1.165) is 16.0 Å². The standard InChI is InChI=1S/C19H14N2O2S/c1-2-23-15-9-7-13(8-10-15)11-14(12-20)19-21-18(22)16-5-3-4-6-17(16)24-19/h3-11H,2H2,1H3. The molecule has 0 N–H and O–H groups in total. The number of ether oxygens (including phenoxy) is 1. The third-order valence-electron chi connectivity index (χ3n) is 3.38. The summed E-state index contributed by atoms with van der Waals surface area (Å²) < 4.78 is 6.22. The number of aromatic nitrogens is 1. The Labute approximate surface area is 143 Å². The molecule has 1 aromatic heterocycles. The molecular weight excluding hydrogens is 320 g/mol. The molecule has 0 atom stereocenters. The van der Waals surface area contributed by atoms with Crippen LogP contribution in [0.1, 0.15) is 17.5 Å². The van der Waals surface area contributed by atoms with Crippen LogP contribution in [0.25, 0.3) is 21.7 Å². The van der Waals surface area contributed by atoms with Gasteiger partial charge in [0.2, 0.25) is 0 Å². The summed E-state index contributed by atoms with van der Waals surface area (Å²) in [6, 6.07) is 16.8. The predicted molar refractivity (Wildman–Crippen MR) is 97.0 cm³/mol. The highest BCUT2D eigenvalue weighted by Gasteiger charge is 2.09. The number of hydrogen-bond acceptors (Lipinski definition) is 5. The summed E-state index contributed by atoms with van der Waals surface area (Å²) in [4.78, 5) is 16.2. The van der Waals surface area contributed by atoms with Crippen LogP contribution in [0, 0.1) is 11.3 Å². The Morgan fingerprint density at radius 2 is 2.00 bits per heavy atom. The van der Waals surface area contributed by atoms with Crippen LogP contribution in [-0.2, 0) is 0 Å². The van der Waals surface area contributed by atoms with Gasteiger partial charge in [0.1, 0.15) is 16.8 Å². The molecule has 0 saturated carbocycles. The van der Waals surface area contributed by atoms with Gasteiger partial charge in [-0.1, -0.05) is 24.3 Å². The van der Waals surface area contributed by atoms with Crippen molar-refractivity contribution in [3.05, 3.63) is 69.5 Å². The molecule has 0 aliphatic heterocycles. The third kappa shape index (κ3) is 3.34. The number of benzene rings is 2. The minimum atomic E-state index is -0.313. The Morgan fingerprint density at radius 3 is 2.71 bits per heavy atom. The van der Waals surface area contributed by atoms with Gasteiger partial charge in [0.15, 0.2) is 0 Å². The van der Waals surface area contributed by atoms with E-state index in [4.69, 9.17) is 4.74 Å². The second kappa shape index (κ2) is 7.07. The van der Waals surface area contributed by atoms with Gasteiger partial charge in [-0.3, -0.25) is 4.79 Å². The van der Waals surface area contributed by atoms with Crippen molar-refractivity contribution in [2.24, 2.45) is 0 Å². The lowest BCUT2D eigenvalue weighted by atomic mass is 10.1. The number of rotatable bonds is 4. The number of allylic oxidation sites excluding steroid dienone is 1. The summed E-state index contributed by atoms with van der Waals surface area (Å²) >= 11 is 1.34. The molecule has 0 aliphatic rings. The molecule has 0 saturated heterocycles. The highest BCUT2D eigenvalue weighted by atomic mass is 32.1. The van der Waals surface area contributed by atoms with Crippen molar-refractivity contribution < 1.29 is 4.74 Å². The van der Waals surface area contributed by atoms with Crippen LogP contribution >= 0.6 is 11.3 Å². The molecule has 0 spiro atoms. The summed E-state index contributed by atoms with van der Waals surface area (Å²) in [5.74, 6) is 0.779. The van der Waals surface area contributed by atoms with E-state index in [1.54, 1.807) is 18.2 Å². The first-order chi connectivity index (χ1) is 11.7. The van der Waals surface area contributed by atoms with Crippen LogP contribution < -0.4 is 10.3 Å². The largest absolute Gasteiger partial charge is 0.494 e. The zero-order valence-corrected chi connectivity index (χ0v) is 13.8. The normalized spacial score (nSPS) is 11.2. The van der Waals surface area contributed by atoms with Crippen LogP contribution in [0.5, 0.6) is 5.75 Å². The molecule has 5 heteroatoms. The molecule has 3 aromatic rings. The molecular formula is C19H14N2O2S. The summed E-state index contributed by atoms with van der Waals surface area (Å²) in [6.07, 6.45) is 1.72. The molecule has 0 aliphatic carbocycles. The van der Waals surface area contributed by atoms with Gasteiger partial charge < -0.3 is 4.74 Å². The van der Waals surface area contributed by atoms with E-state index in [1.807, 2.05) is 43.3 Å². The van der Waals surface area contributed by atoms with Gasteiger partial charge >= 0.3 is 0 Å². The molecule has 0 bridgehead atoms. The number of nitrogens with zero attached hydrogens (tertiary/aromatic N) is 2. The van der Waals surface area contributed by atoms with Crippen LogP contribution in [0.3, 0.4) is 0 Å². The van der Waals surface area contributed by atoms with Crippen molar-refractivity contribution in [1.82, 2.24) is 4.98 Å². The second-order valence-corrected chi connectivity index (χ2v) is 6.02. The Kier molecular flexibility index (Phi) is 4.69. The lowest BCUT2D eigenvalue weighted by Crippen LogP contribution is -2.07. The van der Waals surface area contributed by atoms with Crippen molar-refractivity contribution in [2.45, 2.75) is 6.92 Å². The summed E-state index contributed by atoms with van der Waals surface area (Å²) in [6.45, 7) is 2.53. The van der Waals surface area contributed by atoms with E-state index >= 15 is 0 Å². The van der Waals surface area contributed by atoms with Crippen molar-refractivity contribution in [3.63, 3.8) is 0 Å². The van der Waals surface area contributed by atoms with E-state index in [2.05, 4.69) is 11.1 Å². The molecule has 24 heavy (non-hydrogen) atoms. The molecule has 2 aromatic carbocycles. The molecule has 0 amide bonds. The molecule has 0 radical (unpaired) electrons. The fraction of sp³-hybridized carbons (Fsp3) is 0.105. The lowest BCUT2D eigenvalue weighted by molar-refractivity contribution is 0.340. The maximum Gasteiger partial charge on any atom is 0.279 e. The third-order valence-corrected chi connectivity index (χ3v) is 4.46. The van der Waals surface area contributed by atoms with Crippen LogP contribution in [-0.4, -0.2) is 11.6 Å². The zero-order valence-electron chi connectivity index (χ0n) is 13.0. The van der Waals surface area contributed by atoms with Crippen LogP contribution in [0.2, 0.25) is 0 Å². The molecule has 3 rings (SSSR count). The quantitative estimate of drug-likeness (QED) is 0.673. The van der Waals surface area contributed by atoms with E-state index in [-0.39, 0.29) is 5.56 Å². The maximum absolute atomic E-state index is 12.1. The molecule has 0 unspecified atom stereocenters. The summed E-state index contributed by atoms with van der Waals surface area (Å²) in [7, 11) is 0. The number of fused-ring (bicyclic) bond motifs is 1. The van der Waals surface area contributed by atoms with E-state index in [1.165, 1.54) is 11.3 Å². The zero-order chi connectivity index (χ0) is 16.9. The lowest BCUT2D eigenvalue weighted by Gasteiger charge is -2.03. The van der Waals surface area contributed by atoms with Gasteiger partial charge in [-0.2, -0.15) is 10.2 Å².